The van der Waals surface area contributed by atoms with Crippen LogP contribution in [0.3, 0.4) is 0 Å². The molecule has 2 N–H and O–H groups in total. The number of aromatic nitrogens is 1. The molecule has 2 aliphatic rings. The summed E-state index contributed by atoms with van der Waals surface area (Å²) in [6.07, 6.45) is 5.73. The van der Waals surface area contributed by atoms with Crippen molar-refractivity contribution in [2.45, 2.75) is 37.5 Å². The number of anilines is 1. The fraction of sp³-hybridized carbons (Fsp3) is 0.316. The van der Waals surface area contributed by atoms with Crippen LogP contribution in [0.1, 0.15) is 48.0 Å². The van der Waals surface area contributed by atoms with Crippen molar-refractivity contribution in [3.63, 3.8) is 0 Å². The van der Waals surface area contributed by atoms with E-state index >= 15 is 0 Å². The molecule has 0 unspecified atom stereocenters. The normalized spacial score (nSPS) is 17.9. The molecule has 1 aromatic carbocycles. The second kappa shape index (κ2) is 6.69. The van der Waals surface area contributed by atoms with Gasteiger partial charge in [0.1, 0.15) is 5.02 Å². The molecule has 0 bridgehead atoms. The predicted molar refractivity (Wildman–Crippen MR) is 102 cm³/mol. The van der Waals surface area contributed by atoms with Crippen LogP contribution in [-0.4, -0.2) is 16.8 Å². The lowest BCUT2D eigenvalue weighted by Gasteiger charge is -2.32. The molecule has 27 heavy (non-hydrogen) atoms. The van der Waals surface area contributed by atoms with E-state index in [-0.39, 0.29) is 16.8 Å². The van der Waals surface area contributed by atoms with Crippen molar-refractivity contribution < 1.29 is 14.4 Å². The van der Waals surface area contributed by atoms with E-state index in [1.807, 2.05) is 0 Å². The lowest BCUT2D eigenvalue weighted by atomic mass is 9.70. The summed E-state index contributed by atoms with van der Waals surface area (Å²) >= 11 is 12.0. The highest BCUT2D eigenvalue weighted by molar-refractivity contribution is 6.35. The van der Waals surface area contributed by atoms with E-state index in [1.165, 1.54) is 17.3 Å². The first-order chi connectivity index (χ1) is 12.9. The summed E-state index contributed by atoms with van der Waals surface area (Å²) < 4.78 is 0. The van der Waals surface area contributed by atoms with Crippen molar-refractivity contribution in [3.8, 4) is 5.88 Å². The Morgan fingerprint density at radius 1 is 1.19 bits per heavy atom. The zero-order chi connectivity index (χ0) is 19.2. The SMILES string of the molecule is NC(=O)c1ccc2c(c1)C1(CCCCC1)C(=O)N2Oc1ncc(Cl)cc1Cl. The summed E-state index contributed by atoms with van der Waals surface area (Å²) in [5.41, 5.74) is 6.46. The largest absolute Gasteiger partial charge is 0.366 e. The first-order valence-corrected chi connectivity index (χ1v) is 9.46. The number of carbonyl (C=O) groups excluding carboxylic acids is 2. The summed E-state index contributed by atoms with van der Waals surface area (Å²) in [6.45, 7) is 0. The lowest BCUT2D eigenvalue weighted by molar-refractivity contribution is -0.128. The van der Waals surface area contributed by atoms with Crippen molar-refractivity contribution in [1.82, 2.24) is 4.98 Å². The molecular formula is C19H17Cl2N3O3. The van der Waals surface area contributed by atoms with Crippen LogP contribution in [0.2, 0.25) is 10.0 Å². The molecular weight excluding hydrogens is 389 g/mol. The number of pyridine rings is 1. The van der Waals surface area contributed by atoms with Crippen LogP contribution in [0.5, 0.6) is 5.88 Å². The van der Waals surface area contributed by atoms with E-state index in [4.69, 9.17) is 33.8 Å². The van der Waals surface area contributed by atoms with Crippen molar-refractivity contribution in [2.24, 2.45) is 5.73 Å². The molecule has 2 amide bonds. The van der Waals surface area contributed by atoms with E-state index in [0.29, 0.717) is 29.1 Å². The first-order valence-electron chi connectivity index (χ1n) is 8.70. The smallest absolute Gasteiger partial charge is 0.270 e. The van der Waals surface area contributed by atoms with E-state index < -0.39 is 11.3 Å². The number of primary amides is 1. The third kappa shape index (κ3) is 2.93. The van der Waals surface area contributed by atoms with Gasteiger partial charge < -0.3 is 10.6 Å². The molecule has 8 heteroatoms. The maximum Gasteiger partial charge on any atom is 0.270 e. The van der Waals surface area contributed by atoms with E-state index in [1.54, 1.807) is 18.2 Å². The molecule has 0 saturated heterocycles. The minimum absolute atomic E-state index is 0.0900. The minimum atomic E-state index is -0.710. The number of hydrogen-bond donors (Lipinski definition) is 1. The maximum absolute atomic E-state index is 13.4. The van der Waals surface area contributed by atoms with E-state index in [2.05, 4.69) is 4.98 Å². The lowest BCUT2D eigenvalue weighted by Crippen LogP contribution is -2.43. The second-order valence-electron chi connectivity index (χ2n) is 6.87. The highest BCUT2D eigenvalue weighted by atomic mass is 35.5. The van der Waals surface area contributed by atoms with E-state index in [9.17, 15) is 9.59 Å². The summed E-state index contributed by atoms with van der Waals surface area (Å²) in [5, 5.41) is 1.80. The number of nitrogens with two attached hydrogens (primary N) is 1. The molecule has 1 aromatic heterocycles. The van der Waals surface area contributed by atoms with Crippen LogP contribution in [0.15, 0.2) is 30.5 Å². The number of hydroxylamine groups is 1. The van der Waals surface area contributed by atoms with Gasteiger partial charge in [-0.25, -0.2) is 4.98 Å². The second-order valence-corrected chi connectivity index (χ2v) is 7.71. The number of fused-ring (bicyclic) bond motifs is 2. The van der Waals surface area contributed by atoms with Gasteiger partial charge in [0.15, 0.2) is 0 Å². The standard InChI is InChI=1S/C19H17Cl2N3O3/c20-12-9-14(21)17(23-10-12)27-24-15-5-4-11(16(22)25)8-13(15)19(18(24)26)6-2-1-3-7-19/h4-5,8-10H,1-3,6-7H2,(H2,22,25). The molecule has 140 valence electrons. The highest BCUT2D eigenvalue weighted by Crippen LogP contribution is 2.50. The highest BCUT2D eigenvalue weighted by Gasteiger charge is 2.52. The Morgan fingerprint density at radius 2 is 1.93 bits per heavy atom. The van der Waals surface area contributed by atoms with Crippen LogP contribution >= 0.6 is 23.2 Å². The molecule has 2 aromatic rings. The molecule has 6 nitrogen and oxygen atoms in total. The van der Waals surface area contributed by atoms with Crippen molar-refractivity contribution in [2.75, 3.05) is 5.06 Å². The Balaban J connectivity index is 1.80. The summed E-state index contributed by atoms with van der Waals surface area (Å²) in [6, 6.07) is 6.48. The third-order valence-electron chi connectivity index (χ3n) is 5.27. The van der Waals surface area contributed by atoms with E-state index in [0.717, 1.165) is 24.8 Å². The van der Waals surface area contributed by atoms with Gasteiger partial charge in [0.2, 0.25) is 5.91 Å². The zero-order valence-electron chi connectivity index (χ0n) is 14.4. The molecule has 0 radical (unpaired) electrons. The molecule has 1 spiro atoms. The number of nitrogens with zero attached hydrogens (tertiary/aromatic N) is 2. The monoisotopic (exact) mass is 405 g/mol. The molecule has 1 saturated carbocycles. The van der Waals surface area contributed by atoms with Gasteiger partial charge in [-0.2, -0.15) is 0 Å². The molecule has 1 aliphatic carbocycles. The summed E-state index contributed by atoms with van der Waals surface area (Å²) in [4.78, 5) is 34.9. The number of benzene rings is 1. The van der Waals surface area contributed by atoms with Gasteiger partial charge in [-0.1, -0.05) is 42.5 Å². The van der Waals surface area contributed by atoms with Crippen LogP contribution in [-0.2, 0) is 10.2 Å². The van der Waals surface area contributed by atoms with Crippen LogP contribution in [0, 0.1) is 0 Å². The number of carbonyl (C=O) groups is 2. The fourth-order valence-corrected chi connectivity index (χ4v) is 4.37. The Bertz CT molecular complexity index is 942. The van der Waals surface area contributed by atoms with Gasteiger partial charge in [0.25, 0.3) is 11.8 Å². The Morgan fingerprint density at radius 3 is 2.59 bits per heavy atom. The topological polar surface area (TPSA) is 85.5 Å². The van der Waals surface area contributed by atoms with Crippen molar-refractivity contribution >= 4 is 40.7 Å². The summed E-state index contributed by atoms with van der Waals surface area (Å²) in [5.74, 6) is -0.614. The van der Waals surface area contributed by atoms with Crippen LogP contribution in [0.4, 0.5) is 5.69 Å². The minimum Gasteiger partial charge on any atom is -0.366 e. The molecule has 0 atom stereocenters. The van der Waals surface area contributed by atoms with Crippen molar-refractivity contribution in [3.05, 3.63) is 51.6 Å². The molecule has 2 heterocycles. The number of hydrogen-bond acceptors (Lipinski definition) is 4. The predicted octanol–water partition coefficient (Wildman–Crippen LogP) is 4.03. The Kier molecular flexibility index (Phi) is 4.48. The Hall–Kier alpha value is -2.31. The number of amides is 2. The van der Waals surface area contributed by atoms with Gasteiger partial charge in [0, 0.05) is 11.8 Å². The van der Waals surface area contributed by atoms with Crippen LogP contribution in [0.25, 0.3) is 0 Å². The average molecular weight is 406 g/mol. The first kappa shape index (κ1) is 18.1. The fourth-order valence-electron chi connectivity index (χ4n) is 3.95. The van der Waals surface area contributed by atoms with Gasteiger partial charge in [0.05, 0.1) is 16.1 Å². The van der Waals surface area contributed by atoms with Gasteiger partial charge in [-0.3, -0.25) is 9.59 Å². The maximum atomic E-state index is 13.4. The number of rotatable bonds is 3. The number of halogens is 2. The van der Waals surface area contributed by atoms with Gasteiger partial charge in [-0.15, -0.1) is 5.06 Å². The van der Waals surface area contributed by atoms with Crippen LogP contribution < -0.4 is 15.6 Å². The van der Waals surface area contributed by atoms with Gasteiger partial charge >= 0.3 is 0 Å². The molecule has 1 aliphatic heterocycles. The molecule has 4 rings (SSSR count). The molecule has 1 fully saturated rings. The average Bonchev–Trinajstić information content (AvgIpc) is 2.87. The summed E-state index contributed by atoms with van der Waals surface area (Å²) in [7, 11) is 0. The Labute approximate surface area is 166 Å². The quantitative estimate of drug-likeness (QED) is 0.834. The van der Waals surface area contributed by atoms with Crippen molar-refractivity contribution in [1.29, 1.82) is 0 Å². The zero-order valence-corrected chi connectivity index (χ0v) is 15.9. The third-order valence-corrected chi connectivity index (χ3v) is 5.75. The van der Waals surface area contributed by atoms with Gasteiger partial charge in [-0.05, 0) is 42.7 Å².